The summed E-state index contributed by atoms with van der Waals surface area (Å²) in [5.41, 5.74) is 0.578. The number of benzene rings is 1. The molecule has 7 heteroatoms. The SMILES string of the molecule is CCSC(COC=O)c1cnc2cc(F)c(F)cc2c1O. The number of aromatic nitrogens is 1. The highest BCUT2D eigenvalue weighted by molar-refractivity contribution is 7.99. The van der Waals surface area contributed by atoms with E-state index in [1.165, 1.54) is 18.0 Å². The molecule has 0 aliphatic rings. The van der Waals surface area contributed by atoms with Crippen molar-refractivity contribution in [2.45, 2.75) is 12.2 Å². The van der Waals surface area contributed by atoms with Crippen LogP contribution < -0.4 is 0 Å². The molecule has 0 aliphatic carbocycles. The average Bonchev–Trinajstić information content (AvgIpc) is 2.46. The molecule has 1 aromatic heterocycles. The predicted octanol–water partition coefficient (Wildman–Crippen LogP) is 3.19. The summed E-state index contributed by atoms with van der Waals surface area (Å²) in [5.74, 6) is -1.53. The number of nitrogens with zero attached hydrogens (tertiary/aromatic N) is 1. The standard InChI is InChI=1S/C14H13F2NO3S/c1-2-21-13(6-20-7-18)9-5-17-12-4-11(16)10(15)3-8(12)14(9)19/h3-5,7,13H,2,6H2,1H3,(H,17,19). The fourth-order valence-corrected chi connectivity index (χ4v) is 2.91. The number of ether oxygens (including phenoxy) is 1. The molecule has 0 saturated carbocycles. The van der Waals surface area contributed by atoms with Gasteiger partial charge in [0.15, 0.2) is 11.6 Å². The van der Waals surface area contributed by atoms with Crippen LogP contribution in [0.25, 0.3) is 10.9 Å². The zero-order chi connectivity index (χ0) is 15.4. The van der Waals surface area contributed by atoms with Crippen molar-refractivity contribution < 1.29 is 23.4 Å². The second kappa shape index (κ2) is 6.71. The average molecular weight is 313 g/mol. The van der Waals surface area contributed by atoms with E-state index in [0.717, 1.165) is 17.9 Å². The topological polar surface area (TPSA) is 59.4 Å². The molecule has 21 heavy (non-hydrogen) atoms. The first-order valence-corrected chi connectivity index (χ1v) is 7.26. The highest BCUT2D eigenvalue weighted by atomic mass is 32.2. The molecule has 2 rings (SSSR count). The minimum absolute atomic E-state index is 0.0619. The van der Waals surface area contributed by atoms with Crippen molar-refractivity contribution in [1.82, 2.24) is 4.98 Å². The molecule has 1 heterocycles. The Bertz CT molecular complexity index is 666. The van der Waals surface area contributed by atoms with Crippen LogP contribution in [0, 0.1) is 11.6 Å². The Morgan fingerprint density at radius 3 is 2.81 bits per heavy atom. The van der Waals surface area contributed by atoms with Gasteiger partial charge in [-0.15, -0.1) is 0 Å². The van der Waals surface area contributed by atoms with Gasteiger partial charge in [0.1, 0.15) is 12.4 Å². The molecule has 0 aliphatic heterocycles. The molecule has 0 spiro atoms. The van der Waals surface area contributed by atoms with Gasteiger partial charge in [-0.25, -0.2) is 8.78 Å². The van der Waals surface area contributed by atoms with Gasteiger partial charge in [0, 0.05) is 23.2 Å². The molecule has 0 fully saturated rings. The van der Waals surface area contributed by atoms with Gasteiger partial charge < -0.3 is 9.84 Å². The highest BCUT2D eigenvalue weighted by Crippen LogP contribution is 2.38. The van der Waals surface area contributed by atoms with Gasteiger partial charge in [0.05, 0.1) is 10.8 Å². The Morgan fingerprint density at radius 1 is 1.43 bits per heavy atom. The number of pyridine rings is 1. The Kier molecular flexibility index (Phi) is 4.95. The number of rotatable bonds is 6. The van der Waals surface area contributed by atoms with E-state index in [9.17, 15) is 18.7 Å². The summed E-state index contributed by atoms with van der Waals surface area (Å²) in [5, 5.41) is 10.1. The van der Waals surface area contributed by atoms with Gasteiger partial charge in [0.25, 0.3) is 6.47 Å². The third kappa shape index (κ3) is 3.24. The Balaban J connectivity index is 2.50. The summed E-state index contributed by atoms with van der Waals surface area (Å²) in [6, 6.07) is 1.84. The van der Waals surface area contributed by atoms with Crippen LogP contribution in [0.3, 0.4) is 0 Å². The van der Waals surface area contributed by atoms with E-state index >= 15 is 0 Å². The van der Waals surface area contributed by atoms with Gasteiger partial charge >= 0.3 is 0 Å². The highest BCUT2D eigenvalue weighted by Gasteiger charge is 2.20. The van der Waals surface area contributed by atoms with E-state index in [1.807, 2.05) is 6.92 Å². The van der Waals surface area contributed by atoms with Crippen molar-refractivity contribution in [1.29, 1.82) is 0 Å². The number of aromatic hydroxyl groups is 1. The Hall–Kier alpha value is -1.89. The maximum absolute atomic E-state index is 13.3. The number of thioether (sulfide) groups is 1. The molecule has 0 bridgehead atoms. The monoisotopic (exact) mass is 313 g/mol. The van der Waals surface area contributed by atoms with E-state index in [2.05, 4.69) is 4.98 Å². The van der Waals surface area contributed by atoms with Crippen LogP contribution in [0.4, 0.5) is 8.78 Å². The molecular weight excluding hydrogens is 300 g/mol. The lowest BCUT2D eigenvalue weighted by molar-refractivity contribution is -0.128. The Morgan fingerprint density at radius 2 is 2.14 bits per heavy atom. The van der Waals surface area contributed by atoms with Gasteiger partial charge in [-0.2, -0.15) is 11.8 Å². The minimum Gasteiger partial charge on any atom is -0.507 e. The van der Waals surface area contributed by atoms with Crippen LogP contribution in [0.2, 0.25) is 0 Å². The van der Waals surface area contributed by atoms with Crippen LogP contribution >= 0.6 is 11.8 Å². The maximum atomic E-state index is 13.3. The van der Waals surface area contributed by atoms with Crippen LogP contribution in [-0.4, -0.2) is 28.9 Å². The molecule has 1 aromatic carbocycles. The van der Waals surface area contributed by atoms with Gasteiger partial charge in [-0.05, 0) is 11.8 Å². The lowest BCUT2D eigenvalue weighted by atomic mass is 10.1. The summed E-state index contributed by atoms with van der Waals surface area (Å²) < 4.78 is 31.2. The molecule has 1 unspecified atom stereocenters. The number of halogens is 2. The van der Waals surface area contributed by atoms with Crippen molar-refractivity contribution in [3.8, 4) is 5.75 Å². The normalized spacial score (nSPS) is 12.3. The summed E-state index contributed by atoms with van der Waals surface area (Å²) in [4.78, 5) is 14.4. The second-order valence-electron chi connectivity index (χ2n) is 4.22. The van der Waals surface area contributed by atoms with Gasteiger partial charge in [-0.3, -0.25) is 9.78 Å². The van der Waals surface area contributed by atoms with E-state index < -0.39 is 11.6 Å². The van der Waals surface area contributed by atoms with Crippen molar-refractivity contribution in [3.63, 3.8) is 0 Å². The largest absolute Gasteiger partial charge is 0.507 e. The third-order valence-electron chi connectivity index (χ3n) is 2.94. The molecule has 4 nitrogen and oxygen atoms in total. The molecular formula is C14H13F2NO3S. The van der Waals surface area contributed by atoms with Crippen LogP contribution in [0.5, 0.6) is 5.75 Å². The second-order valence-corrected chi connectivity index (χ2v) is 5.70. The number of carbonyl (C=O) groups excluding carboxylic acids is 1. The molecule has 2 aromatic rings. The first kappa shape index (κ1) is 15.5. The minimum atomic E-state index is -1.06. The fraction of sp³-hybridized carbons (Fsp3) is 0.286. The smallest absolute Gasteiger partial charge is 0.293 e. The van der Waals surface area contributed by atoms with Gasteiger partial charge in [-0.1, -0.05) is 6.92 Å². The fourth-order valence-electron chi connectivity index (χ4n) is 1.98. The summed E-state index contributed by atoms with van der Waals surface area (Å²) in [6.45, 7) is 2.30. The lowest BCUT2D eigenvalue weighted by Gasteiger charge is -2.17. The molecule has 0 saturated heterocycles. The summed E-state index contributed by atoms with van der Waals surface area (Å²) >= 11 is 1.45. The van der Waals surface area contributed by atoms with Crippen molar-refractivity contribution >= 4 is 29.1 Å². The summed E-state index contributed by atoms with van der Waals surface area (Å²) in [6.07, 6.45) is 1.39. The van der Waals surface area contributed by atoms with Crippen LogP contribution in [-0.2, 0) is 9.53 Å². The molecule has 112 valence electrons. The number of fused-ring (bicyclic) bond motifs is 1. The first-order valence-electron chi connectivity index (χ1n) is 6.22. The molecule has 1 atom stereocenters. The van der Waals surface area contributed by atoms with Crippen molar-refractivity contribution in [3.05, 3.63) is 35.5 Å². The number of carbonyl (C=O) groups is 1. The van der Waals surface area contributed by atoms with Crippen molar-refractivity contribution in [2.75, 3.05) is 12.4 Å². The molecule has 0 amide bonds. The number of hydrogen-bond donors (Lipinski definition) is 1. The molecule has 0 radical (unpaired) electrons. The lowest BCUT2D eigenvalue weighted by Crippen LogP contribution is -2.05. The predicted molar refractivity (Wildman–Crippen MR) is 76.2 cm³/mol. The quantitative estimate of drug-likeness (QED) is 0.830. The zero-order valence-corrected chi connectivity index (χ0v) is 12.0. The zero-order valence-electron chi connectivity index (χ0n) is 11.2. The van der Waals surface area contributed by atoms with Crippen LogP contribution in [0.1, 0.15) is 17.7 Å². The van der Waals surface area contributed by atoms with E-state index in [-0.39, 0.29) is 28.5 Å². The molecule has 1 N–H and O–H groups in total. The van der Waals surface area contributed by atoms with E-state index in [0.29, 0.717) is 12.0 Å². The van der Waals surface area contributed by atoms with Crippen molar-refractivity contribution in [2.24, 2.45) is 0 Å². The van der Waals surface area contributed by atoms with E-state index in [4.69, 9.17) is 4.74 Å². The first-order chi connectivity index (χ1) is 10.1. The third-order valence-corrected chi connectivity index (χ3v) is 4.07. The maximum Gasteiger partial charge on any atom is 0.293 e. The Labute approximate surface area is 124 Å². The number of hydrogen-bond acceptors (Lipinski definition) is 5. The van der Waals surface area contributed by atoms with E-state index in [1.54, 1.807) is 0 Å². The summed E-state index contributed by atoms with van der Waals surface area (Å²) in [7, 11) is 0. The van der Waals surface area contributed by atoms with Gasteiger partial charge in [0.2, 0.25) is 0 Å². The van der Waals surface area contributed by atoms with Crippen LogP contribution in [0.15, 0.2) is 18.3 Å².